The van der Waals surface area contributed by atoms with Crippen LogP contribution in [0.3, 0.4) is 0 Å². The number of amides is 3. The van der Waals surface area contributed by atoms with Gasteiger partial charge in [-0.1, -0.05) is 24.1 Å². The monoisotopic (exact) mass is 548 g/mol. The number of carbonyl (C=O) groups excluding carboxylic acids is 3. The highest BCUT2D eigenvalue weighted by molar-refractivity contribution is 7.12. The van der Waals surface area contributed by atoms with Crippen LogP contribution in [-0.2, 0) is 9.59 Å². The van der Waals surface area contributed by atoms with E-state index in [4.69, 9.17) is 4.52 Å². The standard InChI is InChI=1S/C29H32N4O5S/c1-19-22(27(35)33(26(19)34)21-10-11-23-24(18-21)20(2)30-38-29(23)37)8-5-3-4-6-12-31-13-15-32(16-14-31)28(36)25-9-7-17-39-25/h7,9-11,17-18H,3-6,8,12-16H2,1-2H3. The lowest BCUT2D eigenvalue weighted by Gasteiger charge is -2.34. The second kappa shape index (κ2) is 11.6. The Hall–Kier alpha value is -3.63. The third-order valence-electron chi connectivity index (χ3n) is 7.62. The first-order valence-corrected chi connectivity index (χ1v) is 14.3. The van der Waals surface area contributed by atoms with E-state index >= 15 is 0 Å². The van der Waals surface area contributed by atoms with Gasteiger partial charge in [-0.05, 0) is 69.3 Å². The van der Waals surface area contributed by atoms with Crippen LogP contribution in [0.4, 0.5) is 5.69 Å². The Morgan fingerprint density at radius 2 is 1.72 bits per heavy atom. The lowest BCUT2D eigenvalue weighted by atomic mass is 10.0. The van der Waals surface area contributed by atoms with Crippen LogP contribution >= 0.6 is 11.3 Å². The number of hydrogen-bond acceptors (Lipinski definition) is 8. The number of aromatic nitrogens is 1. The van der Waals surface area contributed by atoms with Crippen LogP contribution in [0.2, 0.25) is 0 Å². The van der Waals surface area contributed by atoms with Crippen molar-refractivity contribution in [1.82, 2.24) is 15.0 Å². The number of piperazine rings is 1. The van der Waals surface area contributed by atoms with Crippen molar-refractivity contribution in [2.75, 3.05) is 37.6 Å². The number of fused-ring (bicyclic) bond motifs is 1. The van der Waals surface area contributed by atoms with Crippen LogP contribution in [0.1, 0.15) is 54.4 Å². The zero-order valence-corrected chi connectivity index (χ0v) is 23.1. The summed E-state index contributed by atoms with van der Waals surface area (Å²) in [5.41, 5.74) is 1.44. The molecular weight excluding hydrogens is 516 g/mol. The van der Waals surface area contributed by atoms with Gasteiger partial charge in [0.15, 0.2) is 0 Å². The predicted molar refractivity (Wildman–Crippen MR) is 150 cm³/mol. The summed E-state index contributed by atoms with van der Waals surface area (Å²) in [6.07, 6.45) is 4.49. The highest BCUT2D eigenvalue weighted by Crippen LogP contribution is 2.31. The summed E-state index contributed by atoms with van der Waals surface area (Å²) >= 11 is 1.49. The van der Waals surface area contributed by atoms with Crippen LogP contribution in [0.5, 0.6) is 0 Å². The Balaban J connectivity index is 1.07. The molecule has 2 aromatic heterocycles. The van der Waals surface area contributed by atoms with Crippen LogP contribution in [0.15, 0.2) is 56.2 Å². The zero-order valence-electron chi connectivity index (χ0n) is 22.3. The maximum absolute atomic E-state index is 13.2. The second-order valence-electron chi connectivity index (χ2n) is 10.1. The number of carbonyl (C=O) groups is 3. The Morgan fingerprint density at radius 3 is 2.46 bits per heavy atom. The molecule has 10 heteroatoms. The smallest absolute Gasteiger partial charge is 0.335 e. The molecule has 0 aliphatic carbocycles. The number of hydrogen-bond donors (Lipinski definition) is 0. The third kappa shape index (κ3) is 5.58. The van der Waals surface area contributed by atoms with Crippen molar-refractivity contribution in [3.63, 3.8) is 0 Å². The van der Waals surface area contributed by atoms with Crippen molar-refractivity contribution >= 4 is 45.5 Å². The van der Waals surface area contributed by atoms with Crippen LogP contribution in [0, 0.1) is 6.92 Å². The normalized spacial score (nSPS) is 16.7. The van der Waals surface area contributed by atoms with E-state index in [0.29, 0.717) is 39.7 Å². The van der Waals surface area contributed by atoms with Gasteiger partial charge in [0.25, 0.3) is 17.7 Å². The molecule has 3 aromatic rings. The van der Waals surface area contributed by atoms with Gasteiger partial charge in [-0.15, -0.1) is 11.3 Å². The van der Waals surface area contributed by atoms with E-state index in [1.54, 1.807) is 32.0 Å². The Kier molecular flexibility index (Phi) is 8.04. The van der Waals surface area contributed by atoms with Gasteiger partial charge >= 0.3 is 5.63 Å². The molecule has 0 bridgehead atoms. The zero-order chi connectivity index (χ0) is 27.5. The van der Waals surface area contributed by atoms with E-state index < -0.39 is 5.63 Å². The largest absolute Gasteiger partial charge is 0.366 e. The lowest BCUT2D eigenvalue weighted by Crippen LogP contribution is -2.48. The molecule has 5 rings (SSSR count). The Labute approximate surface area is 230 Å². The SMILES string of the molecule is CC1=C(CCCCCCN2CCN(C(=O)c3cccs3)CC2)C(=O)N(c2ccc3c(=O)onc(C)c3c2)C1=O. The molecule has 1 saturated heterocycles. The topological polar surface area (TPSA) is 104 Å². The molecule has 0 spiro atoms. The van der Waals surface area contributed by atoms with Crippen LogP contribution in [0.25, 0.3) is 10.8 Å². The fraction of sp³-hybridized carbons (Fsp3) is 0.414. The highest BCUT2D eigenvalue weighted by Gasteiger charge is 2.36. The third-order valence-corrected chi connectivity index (χ3v) is 8.47. The molecule has 39 heavy (non-hydrogen) atoms. The molecule has 204 valence electrons. The van der Waals surface area contributed by atoms with Gasteiger partial charge in [-0.3, -0.25) is 19.3 Å². The molecule has 1 fully saturated rings. The van der Waals surface area contributed by atoms with Gasteiger partial charge < -0.3 is 9.42 Å². The minimum Gasteiger partial charge on any atom is -0.335 e. The first kappa shape index (κ1) is 27.0. The number of anilines is 1. The van der Waals surface area contributed by atoms with Crippen molar-refractivity contribution in [3.05, 3.63) is 67.8 Å². The van der Waals surface area contributed by atoms with E-state index in [0.717, 1.165) is 63.3 Å². The molecule has 4 heterocycles. The summed E-state index contributed by atoms with van der Waals surface area (Å²) < 4.78 is 4.77. The molecule has 0 unspecified atom stereocenters. The van der Waals surface area contributed by atoms with Crippen molar-refractivity contribution in [1.29, 1.82) is 0 Å². The van der Waals surface area contributed by atoms with E-state index in [9.17, 15) is 19.2 Å². The quantitative estimate of drug-likeness (QED) is 0.292. The van der Waals surface area contributed by atoms with E-state index in [-0.39, 0.29) is 17.7 Å². The minimum absolute atomic E-state index is 0.132. The van der Waals surface area contributed by atoms with Crippen LogP contribution < -0.4 is 10.5 Å². The molecule has 9 nitrogen and oxygen atoms in total. The average molecular weight is 549 g/mol. The van der Waals surface area contributed by atoms with Gasteiger partial charge in [0.05, 0.1) is 21.6 Å². The molecule has 0 N–H and O–H groups in total. The summed E-state index contributed by atoms with van der Waals surface area (Å²) in [7, 11) is 0. The fourth-order valence-electron chi connectivity index (χ4n) is 5.29. The molecular formula is C29H32N4O5S. The summed E-state index contributed by atoms with van der Waals surface area (Å²) in [6, 6.07) is 8.61. The number of nitrogens with zero attached hydrogens (tertiary/aromatic N) is 4. The molecule has 0 radical (unpaired) electrons. The minimum atomic E-state index is -0.553. The van der Waals surface area contributed by atoms with Gasteiger partial charge in [-0.25, -0.2) is 9.69 Å². The van der Waals surface area contributed by atoms with E-state index in [1.807, 2.05) is 22.4 Å². The predicted octanol–water partition coefficient (Wildman–Crippen LogP) is 4.16. The molecule has 2 aliphatic heterocycles. The number of aryl methyl sites for hydroxylation is 1. The van der Waals surface area contributed by atoms with Gasteiger partial charge in [0.2, 0.25) is 0 Å². The highest BCUT2D eigenvalue weighted by atomic mass is 32.1. The number of imide groups is 1. The molecule has 2 aliphatic rings. The van der Waals surface area contributed by atoms with Crippen molar-refractivity contribution in [2.45, 2.75) is 46.0 Å². The first-order chi connectivity index (χ1) is 18.8. The fourth-order valence-corrected chi connectivity index (χ4v) is 5.98. The molecule has 3 amide bonds. The first-order valence-electron chi connectivity index (χ1n) is 13.4. The van der Waals surface area contributed by atoms with Crippen molar-refractivity contribution in [2.24, 2.45) is 0 Å². The number of benzene rings is 1. The summed E-state index contributed by atoms with van der Waals surface area (Å²) in [6.45, 7) is 7.74. The number of thiophene rings is 1. The Morgan fingerprint density at radius 1 is 0.949 bits per heavy atom. The molecule has 0 atom stereocenters. The summed E-state index contributed by atoms with van der Waals surface area (Å²) in [5.74, 6) is -0.479. The maximum Gasteiger partial charge on any atom is 0.366 e. The van der Waals surface area contributed by atoms with E-state index in [1.165, 1.54) is 16.2 Å². The summed E-state index contributed by atoms with van der Waals surface area (Å²) in [5, 5.41) is 6.61. The van der Waals surface area contributed by atoms with Crippen molar-refractivity contribution < 1.29 is 18.9 Å². The summed E-state index contributed by atoms with van der Waals surface area (Å²) in [4.78, 5) is 57.0. The lowest BCUT2D eigenvalue weighted by molar-refractivity contribution is -0.120. The van der Waals surface area contributed by atoms with Gasteiger partial charge in [0, 0.05) is 42.7 Å². The van der Waals surface area contributed by atoms with Gasteiger partial charge in [0.1, 0.15) is 0 Å². The van der Waals surface area contributed by atoms with Crippen LogP contribution in [-0.4, -0.2) is 65.4 Å². The number of unbranched alkanes of at least 4 members (excludes halogenated alkanes) is 3. The second-order valence-corrected chi connectivity index (χ2v) is 11.1. The molecule has 1 aromatic carbocycles. The average Bonchev–Trinajstić information content (AvgIpc) is 3.56. The van der Waals surface area contributed by atoms with Gasteiger partial charge in [-0.2, -0.15) is 0 Å². The maximum atomic E-state index is 13.2. The van der Waals surface area contributed by atoms with E-state index in [2.05, 4.69) is 10.1 Å². The number of rotatable bonds is 9. The molecule has 0 saturated carbocycles. The Bertz CT molecular complexity index is 1490. The van der Waals surface area contributed by atoms with Crippen molar-refractivity contribution in [3.8, 4) is 0 Å².